The fraction of sp³-hybridized carbons (Fsp3) is 0.455. The van der Waals surface area contributed by atoms with Crippen molar-refractivity contribution in [2.45, 2.75) is 44.2 Å². The number of aryl methyl sites for hydroxylation is 1. The highest BCUT2D eigenvalue weighted by Crippen LogP contribution is 2.29. The zero-order valence-corrected chi connectivity index (χ0v) is 18.3. The number of benzene rings is 1. The summed E-state index contributed by atoms with van der Waals surface area (Å²) in [4.78, 5) is 55.0. The summed E-state index contributed by atoms with van der Waals surface area (Å²) in [6.45, 7) is 2.32. The van der Waals surface area contributed by atoms with Gasteiger partial charge in [-0.25, -0.2) is 4.68 Å². The van der Waals surface area contributed by atoms with Crippen LogP contribution in [-0.2, 0) is 23.2 Å². The minimum atomic E-state index is -0.969. The molecule has 0 saturated carbocycles. The molecular formula is C22H25N7O4. The molecule has 3 aliphatic rings. The molecule has 1 aromatic heterocycles. The lowest BCUT2D eigenvalue weighted by molar-refractivity contribution is -0.136. The normalized spacial score (nSPS) is 21.4. The van der Waals surface area contributed by atoms with E-state index in [1.807, 2.05) is 7.05 Å². The fourth-order valence-electron chi connectivity index (χ4n) is 4.62. The molecule has 33 heavy (non-hydrogen) atoms. The highest BCUT2D eigenvalue weighted by Gasteiger charge is 2.44. The fourth-order valence-corrected chi connectivity index (χ4v) is 4.62. The van der Waals surface area contributed by atoms with E-state index < -0.39 is 29.7 Å². The molecular weight excluding hydrogens is 426 g/mol. The van der Waals surface area contributed by atoms with Crippen molar-refractivity contribution in [1.82, 2.24) is 30.3 Å². The van der Waals surface area contributed by atoms with Gasteiger partial charge < -0.3 is 10.6 Å². The second-order valence-electron chi connectivity index (χ2n) is 8.62. The van der Waals surface area contributed by atoms with Crippen LogP contribution in [0, 0.1) is 0 Å². The molecule has 1 unspecified atom stereocenters. The Balaban J connectivity index is 1.30. The van der Waals surface area contributed by atoms with Crippen molar-refractivity contribution in [3.63, 3.8) is 0 Å². The molecule has 3 aliphatic heterocycles. The van der Waals surface area contributed by atoms with Gasteiger partial charge in [0.25, 0.3) is 11.8 Å². The molecule has 3 N–H and O–H groups in total. The monoisotopic (exact) mass is 451 g/mol. The Hall–Kier alpha value is -3.60. The Bertz CT molecular complexity index is 1150. The molecule has 11 heteroatoms. The predicted octanol–water partition coefficient (Wildman–Crippen LogP) is 0.295. The number of hydrogen-bond acceptors (Lipinski definition) is 8. The number of amides is 4. The van der Waals surface area contributed by atoms with Crippen LogP contribution in [0.3, 0.4) is 0 Å². The number of rotatable bonds is 5. The topological polar surface area (TPSA) is 138 Å². The quantitative estimate of drug-likeness (QED) is 0.552. The first-order chi connectivity index (χ1) is 15.9. The minimum absolute atomic E-state index is 0.0933. The summed E-state index contributed by atoms with van der Waals surface area (Å²) in [5.74, 6) is -0.229. The average Bonchev–Trinajstić information content (AvgIpc) is 3.30. The molecule has 0 radical (unpaired) electrons. The number of aromatic nitrogens is 3. The van der Waals surface area contributed by atoms with Crippen molar-refractivity contribution >= 4 is 29.6 Å². The third-order valence-electron chi connectivity index (χ3n) is 6.44. The molecule has 0 bridgehead atoms. The van der Waals surface area contributed by atoms with Crippen LogP contribution in [0.1, 0.15) is 63.7 Å². The molecule has 11 nitrogen and oxygen atoms in total. The van der Waals surface area contributed by atoms with Gasteiger partial charge in [-0.05, 0) is 50.0 Å². The molecule has 1 aromatic carbocycles. The van der Waals surface area contributed by atoms with E-state index in [0.29, 0.717) is 18.4 Å². The Morgan fingerprint density at radius 1 is 1.06 bits per heavy atom. The van der Waals surface area contributed by atoms with Crippen molar-refractivity contribution < 1.29 is 19.2 Å². The van der Waals surface area contributed by atoms with Crippen LogP contribution in [0.2, 0.25) is 0 Å². The lowest BCUT2D eigenvalue weighted by Gasteiger charge is -2.27. The number of nitrogens with zero attached hydrogens (tertiary/aromatic N) is 4. The van der Waals surface area contributed by atoms with E-state index in [9.17, 15) is 19.2 Å². The van der Waals surface area contributed by atoms with E-state index >= 15 is 0 Å². The maximum absolute atomic E-state index is 13.0. The lowest BCUT2D eigenvalue weighted by atomic mass is 9.98. The van der Waals surface area contributed by atoms with Crippen molar-refractivity contribution in [3.8, 4) is 0 Å². The van der Waals surface area contributed by atoms with Gasteiger partial charge in [-0.3, -0.25) is 29.4 Å². The van der Waals surface area contributed by atoms with Gasteiger partial charge in [-0.2, -0.15) is 10.1 Å². The number of imide groups is 2. The SMILES string of the molecule is Cn1nc(C2CCNCC2)nc1NCc1ccc2c(c1)C(=O)N(C1CCC(=O)NC1=O)C2=O. The Kier molecular flexibility index (Phi) is 5.41. The first kappa shape index (κ1) is 21.3. The van der Waals surface area contributed by atoms with Gasteiger partial charge in [-0.1, -0.05) is 6.07 Å². The number of hydrogen-bond donors (Lipinski definition) is 3. The van der Waals surface area contributed by atoms with Gasteiger partial charge in [0.2, 0.25) is 17.8 Å². The predicted molar refractivity (Wildman–Crippen MR) is 116 cm³/mol. The van der Waals surface area contributed by atoms with Gasteiger partial charge in [-0.15, -0.1) is 0 Å². The summed E-state index contributed by atoms with van der Waals surface area (Å²) >= 11 is 0. The van der Waals surface area contributed by atoms with Crippen LogP contribution in [0.5, 0.6) is 0 Å². The average molecular weight is 451 g/mol. The molecule has 2 aromatic rings. The highest BCUT2D eigenvalue weighted by molar-refractivity contribution is 6.23. The van der Waals surface area contributed by atoms with Gasteiger partial charge in [0.05, 0.1) is 11.1 Å². The van der Waals surface area contributed by atoms with Crippen molar-refractivity contribution in [2.75, 3.05) is 18.4 Å². The van der Waals surface area contributed by atoms with Crippen molar-refractivity contribution in [3.05, 3.63) is 40.7 Å². The van der Waals surface area contributed by atoms with Gasteiger partial charge in [0, 0.05) is 25.9 Å². The maximum Gasteiger partial charge on any atom is 0.262 e. The Morgan fingerprint density at radius 2 is 1.82 bits per heavy atom. The van der Waals surface area contributed by atoms with Gasteiger partial charge in [0.15, 0.2) is 5.82 Å². The van der Waals surface area contributed by atoms with E-state index in [0.717, 1.165) is 42.2 Å². The molecule has 2 fully saturated rings. The number of carbonyl (C=O) groups is 4. The van der Waals surface area contributed by atoms with Crippen LogP contribution in [0.15, 0.2) is 18.2 Å². The van der Waals surface area contributed by atoms with Crippen molar-refractivity contribution in [1.29, 1.82) is 0 Å². The first-order valence-corrected chi connectivity index (χ1v) is 11.1. The Labute approximate surface area is 189 Å². The van der Waals surface area contributed by atoms with E-state index in [4.69, 9.17) is 0 Å². The van der Waals surface area contributed by atoms with Crippen molar-refractivity contribution in [2.24, 2.45) is 7.05 Å². The Morgan fingerprint density at radius 3 is 2.58 bits per heavy atom. The van der Waals surface area contributed by atoms with E-state index in [2.05, 4.69) is 26.0 Å². The number of anilines is 1. The lowest BCUT2D eigenvalue weighted by Crippen LogP contribution is -2.54. The summed E-state index contributed by atoms with van der Waals surface area (Å²) in [7, 11) is 1.84. The third kappa shape index (κ3) is 3.88. The molecule has 1 atom stereocenters. The molecule has 4 heterocycles. The molecule has 5 rings (SSSR count). The van der Waals surface area contributed by atoms with E-state index in [-0.39, 0.29) is 24.0 Å². The molecule has 172 valence electrons. The zero-order valence-electron chi connectivity index (χ0n) is 18.3. The second kappa shape index (κ2) is 8.39. The molecule has 4 amide bonds. The zero-order chi connectivity index (χ0) is 23.1. The van der Waals surface area contributed by atoms with E-state index in [1.54, 1.807) is 22.9 Å². The third-order valence-corrected chi connectivity index (χ3v) is 6.44. The molecule has 0 aliphatic carbocycles. The summed E-state index contributed by atoms with van der Waals surface area (Å²) in [6.07, 6.45) is 2.24. The summed E-state index contributed by atoms with van der Waals surface area (Å²) in [6, 6.07) is 4.08. The summed E-state index contributed by atoms with van der Waals surface area (Å²) in [5, 5.41) is 13.3. The van der Waals surface area contributed by atoms with Gasteiger partial charge >= 0.3 is 0 Å². The number of fused-ring (bicyclic) bond motifs is 1. The maximum atomic E-state index is 13.0. The van der Waals surface area contributed by atoms with Crippen LogP contribution in [0.4, 0.5) is 5.95 Å². The standard InChI is InChI=1S/C22H25N7O4/c1-28-22(26-18(27-28)13-6-8-23-9-7-13)24-11-12-2-3-14-15(10-12)21(33)29(20(14)32)16-4-5-17(30)25-19(16)31/h2-3,10,13,16,23H,4-9,11H2,1H3,(H,24,26,27)(H,25,30,31). The second-order valence-corrected chi connectivity index (χ2v) is 8.62. The number of piperidine rings is 2. The smallest absolute Gasteiger partial charge is 0.262 e. The van der Waals surface area contributed by atoms with Crippen LogP contribution in [-0.4, -0.2) is 62.4 Å². The van der Waals surface area contributed by atoms with E-state index in [1.165, 1.54) is 0 Å². The van der Waals surface area contributed by atoms with Gasteiger partial charge in [0.1, 0.15) is 6.04 Å². The van der Waals surface area contributed by atoms with Crippen LogP contribution < -0.4 is 16.0 Å². The number of carbonyl (C=O) groups excluding carboxylic acids is 4. The minimum Gasteiger partial charge on any atom is -0.350 e. The summed E-state index contributed by atoms with van der Waals surface area (Å²) in [5.41, 5.74) is 1.32. The largest absolute Gasteiger partial charge is 0.350 e. The number of nitrogens with one attached hydrogen (secondary N) is 3. The van der Waals surface area contributed by atoms with Crippen LogP contribution in [0.25, 0.3) is 0 Å². The first-order valence-electron chi connectivity index (χ1n) is 11.1. The summed E-state index contributed by atoms with van der Waals surface area (Å²) < 4.78 is 1.71. The molecule has 0 spiro atoms. The highest BCUT2D eigenvalue weighted by atomic mass is 16.2. The molecule has 2 saturated heterocycles. The van der Waals surface area contributed by atoms with Crippen LogP contribution >= 0.6 is 0 Å².